The van der Waals surface area contributed by atoms with E-state index in [1.807, 2.05) is 6.92 Å². The second kappa shape index (κ2) is 7.44. The van der Waals surface area contributed by atoms with Crippen LogP contribution in [-0.2, 0) is 11.3 Å². The summed E-state index contributed by atoms with van der Waals surface area (Å²) in [4.78, 5) is 23.5. The zero-order valence-corrected chi connectivity index (χ0v) is 11.9. The van der Waals surface area contributed by atoms with Crippen LogP contribution in [0, 0.1) is 10.1 Å². The summed E-state index contributed by atoms with van der Waals surface area (Å²) >= 11 is 0. The summed E-state index contributed by atoms with van der Waals surface area (Å²) in [6.45, 7) is 3.09. The minimum absolute atomic E-state index is 0.0232. The standard InChI is InChI=1S/C13H19N3O4/c1-4-15(2)13(17)9-14-8-10-5-11(16(18)19)7-12(6-10)20-3/h5-7,14H,4,8-9H2,1-3H3. The van der Waals surface area contributed by atoms with Gasteiger partial charge in [-0.25, -0.2) is 0 Å². The summed E-state index contributed by atoms with van der Waals surface area (Å²) in [7, 11) is 3.18. The lowest BCUT2D eigenvalue weighted by Gasteiger charge is -2.14. The van der Waals surface area contributed by atoms with Crippen LogP contribution >= 0.6 is 0 Å². The van der Waals surface area contributed by atoms with Gasteiger partial charge in [0.15, 0.2) is 0 Å². The molecule has 0 fully saturated rings. The summed E-state index contributed by atoms with van der Waals surface area (Å²) in [6, 6.07) is 4.52. The molecule has 0 aliphatic heterocycles. The molecule has 0 aromatic heterocycles. The summed E-state index contributed by atoms with van der Waals surface area (Å²) in [5.74, 6) is 0.401. The highest BCUT2D eigenvalue weighted by molar-refractivity contribution is 5.77. The van der Waals surface area contributed by atoms with Gasteiger partial charge in [0.2, 0.25) is 5.91 Å². The van der Waals surface area contributed by atoms with Gasteiger partial charge in [0, 0.05) is 26.2 Å². The average molecular weight is 281 g/mol. The Hall–Kier alpha value is -2.15. The number of nitrogens with zero attached hydrogens (tertiary/aromatic N) is 2. The number of likely N-dealkylation sites (N-methyl/N-ethyl adjacent to an activating group) is 1. The zero-order valence-electron chi connectivity index (χ0n) is 11.9. The van der Waals surface area contributed by atoms with E-state index in [0.717, 1.165) is 0 Å². The fourth-order valence-corrected chi connectivity index (χ4v) is 1.59. The highest BCUT2D eigenvalue weighted by Crippen LogP contribution is 2.22. The molecule has 0 aliphatic rings. The number of carbonyl (C=O) groups excluding carboxylic acids is 1. The molecule has 1 aromatic rings. The van der Waals surface area contributed by atoms with Gasteiger partial charge in [0.1, 0.15) is 5.75 Å². The maximum Gasteiger partial charge on any atom is 0.273 e. The molecule has 0 bridgehead atoms. The summed E-state index contributed by atoms with van der Waals surface area (Å²) in [5.41, 5.74) is 0.668. The van der Waals surface area contributed by atoms with E-state index in [1.54, 1.807) is 18.0 Å². The first-order valence-electron chi connectivity index (χ1n) is 6.25. The molecule has 0 spiro atoms. The van der Waals surface area contributed by atoms with Crippen LogP contribution in [0.2, 0.25) is 0 Å². The molecule has 7 heteroatoms. The van der Waals surface area contributed by atoms with E-state index in [2.05, 4.69) is 5.32 Å². The quantitative estimate of drug-likeness (QED) is 0.599. The molecule has 0 saturated heterocycles. The molecule has 1 rings (SSSR count). The lowest BCUT2D eigenvalue weighted by Crippen LogP contribution is -2.35. The number of benzene rings is 1. The van der Waals surface area contributed by atoms with Crippen LogP contribution in [0.3, 0.4) is 0 Å². The number of ether oxygens (including phenoxy) is 1. The number of hydrogen-bond donors (Lipinski definition) is 1. The van der Waals surface area contributed by atoms with E-state index in [0.29, 0.717) is 24.4 Å². The number of nitro groups is 1. The Morgan fingerprint density at radius 3 is 2.70 bits per heavy atom. The molecule has 0 aliphatic carbocycles. The third kappa shape index (κ3) is 4.51. The Balaban J connectivity index is 2.66. The SMILES string of the molecule is CCN(C)C(=O)CNCc1cc(OC)cc([N+](=O)[O-])c1. The van der Waals surface area contributed by atoms with Crippen molar-refractivity contribution in [2.75, 3.05) is 27.2 Å². The largest absolute Gasteiger partial charge is 0.496 e. The van der Waals surface area contributed by atoms with E-state index in [1.165, 1.54) is 19.2 Å². The minimum Gasteiger partial charge on any atom is -0.496 e. The molecule has 0 radical (unpaired) electrons. The molecule has 110 valence electrons. The van der Waals surface area contributed by atoms with Crippen LogP contribution in [0.4, 0.5) is 5.69 Å². The number of rotatable bonds is 7. The Kier molecular flexibility index (Phi) is 5.92. The molecule has 0 heterocycles. The first kappa shape index (κ1) is 15.9. The Morgan fingerprint density at radius 1 is 1.45 bits per heavy atom. The molecule has 0 atom stereocenters. The lowest BCUT2D eigenvalue weighted by molar-refractivity contribution is -0.385. The van der Waals surface area contributed by atoms with E-state index in [4.69, 9.17) is 4.74 Å². The molecule has 1 aromatic carbocycles. The smallest absolute Gasteiger partial charge is 0.273 e. The van der Waals surface area contributed by atoms with Crippen molar-refractivity contribution >= 4 is 11.6 Å². The van der Waals surface area contributed by atoms with Crippen molar-refractivity contribution < 1.29 is 14.5 Å². The Morgan fingerprint density at radius 2 is 2.15 bits per heavy atom. The maximum absolute atomic E-state index is 11.6. The van der Waals surface area contributed by atoms with Crippen molar-refractivity contribution in [3.63, 3.8) is 0 Å². The molecule has 0 saturated carbocycles. The number of nitro benzene ring substituents is 1. The van der Waals surface area contributed by atoms with Crippen molar-refractivity contribution in [3.8, 4) is 5.75 Å². The van der Waals surface area contributed by atoms with Crippen molar-refractivity contribution in [2.45, 2.75) is 13.5 Å². The fourth-order valence-electron chi connectivity index (χ4n) is 1.59. The number of carbonyl (C=O) groups is 1. The molecule has 7 nitrogen and oxygen atoms in total. The number of hydrogen-bond acceptors (Lipinski definition) is 5. The van der Waals surface area contributed by atoms with Gasteiger partial charge in [-0.05, 0) is 18.6 Å². The molecule has 20 heavy (non-hydrogen) atoms. The van der Waals surface area contributed by atoms with Gasteiger partial charge in [-0.3, -0.25) is 14.9 Å². The van der Waals surface area contributed by atoms with Gasteiger partial charge in [-0.2, -0.15) is 0 Å². The number of amides is 1. The van der Waals surface area contributed by atoms with Gasteiger partial charge in [0.25, 0.3) is 5.69 Å². The second-order valence-corrected chi connectivity index (χ2v) is 4.31. The highest BCUT2D eigenvalue weighted by Gasteiger charge is 2.11. The maximum atomic E-state index is 11.6. The third-order valence-electron chi connectivity index (χ3n) is 2.90. The van der Waals surface area contributed by atoms with E-state index < -0.39 is 4.92 Å². The molecule has 1 amide bonds. The highest BCUT2D eigenvalue weighted by atomic mass is 16.6. The van der Waals surface area contributed by atoms with Crippen LogP contribution in [0.15, 0.2) is 18.2 Å². The minimum atomic E-state index is -0.470. The van der Waals surface area contributed by atoms with E-state index in [-0.39, 0.29) is 18.1 Å². The Labute approximate surface area is 117 Å². The topological polar surface area (TPSA) is 84.7 Å². The van der Waals surface area contributed by atoms with Crippen LogP contribution in [0.5, 0.6) is 5.75 Å². The normalized spacial score (nSPS) is 10.2. The van der Waals surface area contributed by atoms with Crippen molar-refractivity contribution in [1.82, 2.24) is 10.2 Å². The lowest BCUT2D eigenvalue weighted by atomic mass is 10.2. The molecular weight excluding hydrogens is 262 g/mol. The third-order valence-corrected chi connectivity index (χ3v) is 2.90. The molecular formula is C13H19N3O4. The van der Waals surface area contributed by atoms with Gasteiger partial charge < -0.3 is 15.0 Å². The first-order valence-corrected chi connectivity index (χ1v) is 6.25. The summed E-state index contributed by atoms with van der Waals surface area (Å²) in [5, 5.41) is 13.8. The van der Waals surface area contributed by atoms with Crippen LogP contribution in [0.1, 0.15) is 12.5 Å². The van der Waals surface area contributed by atoms with Gasteiger partial charge in [-0.15, -0.1) is 0 Å². The number of methoxy groups -OCH3 is 1. The number of nitrogens with one attached hydrogen (secondary N) is 1. The fraction of sp³-hybridized carbons (Fsp3) is 0.462. The average Bonchev–Trinajstić information content (AvgIpc) is 2.45. The summed E-state index contributed by atoms with van der Waals surface area (Å²) in [6.07, 6.45) is 0. The monoisotopic (exact) mass is 281 g/mol. The molecule has 1 N–H and O–H groups in total. The van der Waals surface area contributed by atoms with Crippen molar-refractivity contribution in [3.05, 3.63) is 33.9 Å². The second-order valence-electron chi connectivity index (χ2n) is 4.31. The van der Waals surface area contributed by atoms with Crippen LogP contribution < -0.4 is 10.1 Å². The van der Waals surface area contributed by atoms with Gasteiger partial charge in [0.05, 0.1) is 24.6 Å². The van der Waals surface area contributed by atoms with E-state index in [9.17, 15) is 14.9 Å². The van der Waals surface area contributed by atoms with Crippen molar-refractivity contribution in [1.29, 1.82) is 0 Å². The zero-order chi connectivity index (χ0) is 15.1. The van der Waals surface area contributed by atoms with Crippen LogP contribution in [0.25, 0.3) is 0 Å². The van der Waals surface area contributed by atoms with Gasteiger partial charge >= 0.3 is 0 Å². The van der Waals surface area contributed by atoms with E-state index >= 15 is 0 Å². The van der Waals surface area contributed by atoms with Crippen molar-refractivity contribution in [2.24, 2.45) is 0 Å². The number of non-ortho nitro benzene ring substituents is 1. The summed E-state index contributed by atoms with van der Waals surface area (Å²) < 4.78 is 5.02. The first-order chi connectivity index (χ1) is 9.47. The predicted octanol–water partition coefficient (Wildman–Crippen LogP) is 1.17. The predicted molar refractivity (Wildman–Crippen MR) is 74.7 cm³/mol. The van der Waals surface area contributed by atoms with Crippen LogP contribution in [-0.4, -0.2) is 43.0 Å². The molecule has 0 unspecified atom stereocenters. The Bertz CT molecular complexity index is 491. The van der Waals surface area contributed by atoms with Gasteiger partial charge in [-0.1, -0.05) is 0 Å².